The fourth-order valence-electron chi connectivity index (χ4n) is 1.16. The van der Waals surface area contributed by atoms with Crippen LogP contribution in [0.2, 0.25) is 0 Å². The molecule has 0 aliphatic carbocycles. The molecule has 2 N–H and O–H groups in total. The van der Waals surface area contributed by atoms with Crippen molar-refractivity contribution in [3.05, 3.63) is 29.8 Å². The first-order valence-corrected chi connectivity index (χ1v) is 4.98. The zero-order chi connectivity index (χ0) is 12.0. The molecular weight excluding hydrogens is 204 g/mol. The minimum atomic E-state index is -0.961. The summed E-state index contributed by atoms with van der Waals surface area (Å²) in [7, 11) is 1.64. The molecule has 4 nitrogen and oxygen atoms in total. The number of ether oxygens (including phenoxy) is 2. The van der Waals surface area contributed by atoms with Gasteiger partial charge in [0.1, 0.15) is 17.9 Å². The first kappa shape index (κ1) is 12.5. The number of hydrogen-bond acceptors (Lipinski definition) is 4. The van der Waals surface area contributed by atoms with Crippen LogP contribution in [-0.4, -0.2) is 19.3 Å². The molecular formula is C12H16N2O2. The molecule has 0 saturated heterocycles. The molecule has 1 aromatic rings. The molecule has 1 atom stereocenters. The number of rotatable bonds is 5. The zero-order valence-electron chi connectivity index (χ0n) is 9.56. The van der Waals surface area contributed by atoms with Crippen LogP contribution in [0.15, 0.2) is 24.3 Å². The number of nitriles is 1. The van der Waals surface area contributed by atoms with Gasteiger partial charge in [0.2, 0.25) is 0 Å². The Balaban J connectivity index is 2.61. The molecule has 1 rings (SSSR count). The Morgan fingerprint density at radius 3 is 2.88 bits per heavy atom. The van der Waals surface area contributed by atoms with Crippen molar-refractivity contribution in [1.82, 2.24) is 0 Å². The van der Waals surface area contributed by atoms with E-state index in [-0.39, 0.29) is 6.61 Å². The monoisotopic (exact) mass is 220 g/mol. The SMILES string of the molecule is COCc1cccc(OCC(C)(N)C#N)c1. The summed E-state index contributed by atoms with van der Waals surface area (Å²) in [5.41, 5.74) is 5.71. The van der Waals surface area contributed by atoms with E-state index in [1.165, 1.54) is 0 Å². The quantitative estimate of drug-likeness (QED) is 0.815. The molecule has 0 fully saturated rings. The second-order valence-electron chi connectivity index (χ2n) is 3.90. The van der Waals surface area contributed by atoms with Gasteiger partial charge in [-0.1, -0.05) is 12.1 Å². The minimum Gasteiger partial charge on any atom is -0.491 e. The number of benzene rings is 1. The summed E-state index contributed by atoms with van der Waals surface area (Å²) in [6.07, 6.45) is 0. The van der Waals surface area contributed by atoms with E-state index in [2.05, 4.69) is 0 Å². The topological polar surface area (TPSA) is 68.3 Å². The van der Waals surface area contributed by atoms with Crippen LogP contribution in [0.4, 0.5) is 0 Å². The maximum Gasteiger partial charge on any atom is 0.135 e. The van der Waals surface area contributed by atoms with Crippen molar-refractivity contribution in [2.75, 3.05) is 13.7 Å². The fourth-order valence-corrected chi connectivity index (χ4v) is 1.16. The Morgan fingerprint density at radius 2 is 2.25 bits per heavy atom. The van der Waals surface area contributed by atoms with E-state index < -0.39 is 5.54 Å². The third-order valence-electron chi connectivity index (χ3n) is 2.00. The van der Waals surface area contributed by atoms with E-state index in [1.807, 2.05) is 30.3 Å². The molecule has 0 spiro atoms. The van der Waals surface area contributed by atoms with E-state index in [4.69, 9.17) is 20.5 Å². The van der Waals surface area contributed by atoms with Crippen LogP contribution in [0.5, 0.6) is 5.75 Å². The largest absolute Gasteiger partial charge is 0.491 e. The summed E-state index contributed by atoms with van der Waals surface area (Å²) >= 11 is 0. The van der Waals surface area contributed by atoms with Crippen LogP contribution >= 0.6 is 0 Å². The summed E-state index contributed by atoms with van der Waals surface area (Å²) in [4.78, 5) is 0. The fraction of sp³-hybridized carbons (Fsp3) is 0.417. The maximum atomic E-state index is 8.74. The van der Waals surface area contributed by atoms with E-state index >= 15 is 0 Å². The smallest absolute Gasteiger partial charge is 0.135 e. The highest BCUT2D eigenvalue weighted by Gasteiger charge is 2.18. The lowest BCUT2D eigenvalue weighted by Crippen LogP contribution is -2.40. The molecule has 1 aromatic carbocycles. The molecule has 16 heavy (non-hydrogen) atoms. The van der Waals surface area contributed by atoms with Crippen molar-refractivity contribution in [3.63, 3.8) is 0 Å². The van der Waals surface area contributed by atoms with Gasteiger partial charge >= 0.3 is 0 Å². The third-order valence-corrected chi connectivity index (χ3v) is 2.00. The first-order valence-electron chi connectivity index (χ1n) is 4.98. The van der Waals surface area contributed by atoms with Gasteiger partial charge in [-0.25, -0.2) is 0 Å². The average Bonchev–Trinajstić information content (AvgIpc) is 2.28. The Bertz CT molecular complexity index is 383. The molecule has 0 amide bonds. The highest BCUT2D eigenvalue weighted by Crippen LogP contribution is 2.15. The predicted octanol–water partition coefficient (Wildman–Crippen LogP) is 1.45. The van der Waals surface area contributed by atoms with Crippen molar-refractivity contribution in [2.45, 2.75) is 19.1 Å². The molecule has 0 aliphatic rings. The molecule has 4 heteroatoms. The van der Waals surface area contributed by atoms with Crippen molar-refractivity contribution in [1.29, 1.82) is 5.26 Å². The van der Waals surface area contributed by atoms with Gasteiger partial charge in [0.05, 0.1) is 12.7 Å². The zero-order valence-corrected chi connectivity index (χ0v) is 9.56. The molecule has 0 bridgehead atoms. The Labute approximate surface area is 95.6 Å². The van der Waals surface area contributed by atoms with E-state index in [9.17, 15) is 0 Å². The van der Waals surface area contributed by atoms with Gasteiger partial charge in [-0.3, -0.25) is 0 Å². The lowest BCUT2D eigenvalue weighted by molar-refractivity contribution is 0.184. The van der Waals surface area contributed by atoms with Gasteiger partial charge in [-0.05, 0) is 24.6 Å². The summed E-state index contributed by atoms with van der Waals surface area (Å²) in [6, 6.07) is 9.50. The Kier molecular flexibility index (Phi) is 4.29. The summed E-state index contributed by atoms with van der Waals surface area (Å²) < 4.78 is 10.5. The molecule has 0 aliphatic heterocycles. The molecule has 0 aromatic heterocycles. The molecule has 0 radical (unpaired) electrons. The van der Waals surface area contributed by atoms with Gasteiger partial charge in [0.15, 0.2) is 0 Å². The molecule has 86 valence electrons. The van der Waals surface area contributed by atoms with Crippen LogP contribution in [0.1, 0.15) is 12.5 Å². The van der Waals surface area contributed by atoms with Crippen LogP contribution in [0.25, 0.3) is 0 Å². The van der Waals surface area contributed by atoms with Crippen LogP contribution < -0.4 is 10.5 Å². The van der Waals surface area contributed by atoms with Crippen molar-refractivity contribution < 1.29 is 9.47 Å². The average molecular weight is 220 g/mol. The predicted molar refractivity (Wildman–Crippen MR) is 60.9 cm³/mol. The van der Waals surface area contributed by atoms with E-state index in [0.717, 1.165) is 5.56 Å². The Morgan fingerprint density at radius 1 is 1.50 bits per heavy atom. The van der Waals surface area contributed by atoms with Crippen molar-refractivity contribution in [2.24, 2.45) is 5.73 Å². The molecule has 0 heterocycles. The third kappa shape index (κ3) is 3.89. The van der Waals surface area contributed by atoms with E-state index in [0.29, 0.717) is 12.4 Å². The summed E-state index contributed by atoms with van der Waals surface area (Å²) in [5, 5.41) is 8.74. The van der Waals surface area contributed by atoms with Gasteiger partial charge < -0.3 is 15.2 Å². The van der Waals surface area contributed by atoms with Gasteiger partial charge in [0.25, 0.3) is 0 Å². The Hall–Kier alpha value is -1.57. The molecule has 1 unspecified atom stereocenters. The maximum absolute atomic E-state index is 8.74. The molecule has 0 saturated carbocycles. The number of nitrogens with two attached hydrogens (primary N) is 1. The van der Waals surface area contributed by atoms with Crippen LogP contribution in [-0.2, 0) is 11.3 Å². The van der Waals surface area contributed by atoms with Gasteiger partial charge in [-0.2, -0.15) is 5.26 Å². The van der Waals surface area contributed by atoms with Crippen LogP contribution in [0, 0.1) is 11.3 Å². The second kappa shape index (κ2) is 5.50. The highest BCUT2D eigenvalue weighted by atomic mass is 16.5. The van der Waals surface area contributed by atoms with Crippen molar-refractivity contribution in [3.8, 4) is 11.8 Å². The normalized spacial score (nSPS) is 13.9. The number of nitrogens with zero attached hydrogens (tertiary/aromatic N) is 1. The minimum absolute atomic E-state index is 0.167. The summed E-state index contributed by atoms with van der Waals surface area (Å²) in [5.74, 6) is 0.696. The standard InChI is InChI=1S/C12H16N2O2/c1-12(14,8-13)9-16-11-5-3-4-10(6-11)7-15-2/h3-6H,7,9,14H2,1-2H3. The van der Waals surface area contributed by atoms with Gasteiger partial charge in [0, 0.05) is 7.11 Å². The lowest BCUT2D eigenvalue weighted by atomic mass is 10.1. The lowest BCUT2D eigenvalue weighted by Gasteiger charge is -2.16. The highest BCUT2D eigenvalue weighted by molar-refractivity contribution is 5.28. The van der Waals surface area contributed by atoms with E-state index in [1.54, 1.807) is 14.0 Å². The second-order valence-corrected chi connectivity index (χ2v) is 3.90. The number of hydrogen-bond donors (Lipinski definition) is 1. The first-order chi connectivity index (χ1) is 7.57. The van der Waals surface area contributed by atoms with Crippen LogP contribution in [0.3, 0.4) is 0 Å². The van der Waals surface area contributed by atoms with Crippen molar-refractivity contribution >= 4 is 0 Å². The van der Waals surface area contributed by atoms with Gasteiger partial charge in [-0.15, -0.1) is 0 Å². The number of methoxy groups -OCH3 is 1. The summed E-state index contributed by atoms with van der Waals surface area (Å²) in [6.45, 7) is 2.33.